The van der Waals surface area contributed by atoms with Gasteiger partial charge in [0.15, 0.2) is 11.5 Å². The molecule has 0 radical (unpaired) electrons. The molecule has 0 atom stereocenters. The summed E-state index contributed by atoms with van der Waals surface area (Å²) in [7, 11) is 0. The fourth-order valence-corrected chi connectivity index (χ4v) is 3.94. The maximum atomic E-state index is 4.73. The van der Waals surface area contributed by atoms with Gasteiger partial charge in [0.25, 0.3) is 0 Å². The van der Waals surface area contributed by atoms with Gasteiger partial charge in [-0.1, -0.05) is 50.2 Å². The van der Waals surface area contributed by atoms with Gasteiger partial charge >= 0.3 is 0 Å². The third kappa shape index (κ3) is 3.41. The zero-order chi connectivity index (χ0) is 18.6. The molecular weight excluding hydrogens is 352 g/mol. The molecule has 0 spiro atoms. The fourth-order valence-electron chi connectivity index (χ4n) is 2.89. The largest absolute Gasteiger partial charge is 0.339 e. The Kier molecular flexibility index (Phi) is 4.85. The van der Waals surface area contributed by atoms with Crippen molar-refractivity contribution < 1.29 is 0 Å². The highest BCUT2D eigenvalue weighted by Gasteiger charge is 2.11. The third-order valence-electron chi connectivity index (χ3n) is 4.09. The second-order valence-electron chi connectivity index (χ2n) is 5.77. The molecule has 0 aliphatic heterocycles. The Hall–Kier alpha value is -3.18. The van der Waals surface area contributed by atoms with E-state index in [0.29, 0.717) is 0 Å². The quantitative estimate of drug-likeness (QED) is 0.399. The minimum Gasteiger partial charge on any atom is -0.339 e. The minimum absolute atomic E-state index is 0.791. The number of rotatable bonds is 3. The number of hydrogen-bond donors (Lipinski definition) is 1. The van der Waals surface area contributed by atoms with Crippen LogP contribution >= 0.6 is 11.3 Å². The topological polar surface area (TPSA) is 42.2 Å². The average molecular weight is 372 g/mol. The first kappa shape index (κ1) is 17.2. The van der Waals surface area contributed by atoms with Crippen molar-refractivity contribution in [2.75, 3.05) is 5.32 Å². The molecule has 5 aromatic rings. The van der Waals surface area contributed by atoms with Gasteiger partial charge in [0.05, 0.1) is 11.1 Å². The molecule has 0 saturated carbocycles. The molecule has 3 heterocycles. The highest BCUT2D eigenvalue weighted by atomic mass is 32.1. The number of nitrogens with zero attached hydrogens (tertiary/aromatic N) is 3. The maximum Gasteiger partial charge on any atom is 0.154 e. The second kappa shape index (κ2) is 7.60. The van der Waals surface area contributed by atoms with Gasteiger partial charge in [-0.3, -0.25) is 0 Å². The molecule has 4 nitrogen and oxygen atoms in total. The van der Waals surface area contributed by atoms with Gasteiger partial charge in [0.1, 0.15) is 5.69 Å². The summed E-state index contributed by atoms with van der Waals surface area (Å²) in [6.45, 7) is 4.00. The lowest BCUT2D eigenvalue weighted by Crippen LogP contribution is -1.99. The van der Waals surface area contributed by atoms with Crippen LogP contribution in [0.2, 0.25) is 0 Å². The van der Waals surface area contributed by atoms with Gasteiger partial charge in [-0.05, 0) is 41.8 Å². The molecular formula is C22H20N4S. The van der Waals surface area contributed by atoms with Crippen LogP contribution in [0.15, 0.2) is 79.0 Å². The molecule has 3 aromatic heterocycles. The van der Waals surface area contributed by atoms with Crippen LogP contribution in [-0.2, 0) is 0 Å². The SMILES string of the molecule is CC.c1ccc(Nc2ccc3ncc(-c4cc5ccccc5s4)n3n2)cc1. The number of para-hydroxylation sites is 1. The lowest BCUT2D eigenvalue weighted by Gasteiger charge is -2.06. The first-order valence-electron chi connectivity index (χ1n) is 9.03. The van der Waals surface area contributed by atoms with E-state index in [0.717, 1.165) is 27.7 Å². The van der Waals surface area contributed by atoms with Crippen LogP contribution in [0, 0.1) is 0 Å². The summed E-state index contributed by atoms with van der Waals surface area (Å²) >= 11 is 1.76. The van der Waals surface area contributed by atoms with Crippen molar-refractivity contribution in [2.45, 2.75) is 13.8 Å². The third-order valence-corrected chi connectivity index (χ3v) is 5.23. The minimum atomic E-state index is 0.791. The van der Waals surface area contributed by atoms with Crippen molar-refractivity contribution >= 4 is 38.6 Å². The summed E-state index contributed by atoms with van der Waals surface area (Å²) < 4.78 is 3.17. The second-order valence-corrected chi connectivity index (χ2v) is 6.86. The number of nitrogens with one attached hydrogen (secondary N) is 1. The summed E-state index contributed by atoms with van der Waals surface area (Å²) in [6, 6.07) is 24.6. The molecule has 0 fully saturated rings. The van der Waals surface area contributed by atoms with Crippen molar-refractivity contribution in [2.24, 2.45) is 0 Å². The summed E-state index contributed by atoms with van der Waals surface area (Å²) in [5.41, 5.74) is 2.86. The summed E-state index contributed by atoms with van der Waals surface area (Å²) in [5, 5.41) is 9.31. The highest BCUT2D eigenvalue weighted by molar-refractivity contribution is 7.22. The summed E-state index contributed by atoms with van der Waals surface area (Å²) in [6.07, 6.45) is 1.89. The Bertz CT molecular complexity index is 1140. The number of aromatic nitrogens is 3. The Morgan fingerprint density at radius 1 is 0.889 bits per heavy atom. The lowest BCUT2D eigenvalue weighted by atomic mass is 10.2. The van der Waals surface area contributed by atoms with Crippen LogP contribution in [0.1, 0.15) is 13.8 Å². The first-order chi connectivity index (χ1) is 13.4. The molecule has 5 rings (SSSR count). The van der Waals surface area contributed by atoms with E-state index in [1.165, 1.54) is 10.1 Å². The highest BCUT2D eigenvalue weighted by Crippen LogP contribution is 2.33. The molecule has 0 amide bonds. The van der Waals surface area contributed by atoms with Crippen LogP contribution in [0.3, 0.4) is 0 Å². The molecule has 134 valence electrons. The van der Waals surface area contributed by atoms with E-state index < -0.39 is 0 Å². The lowest BCUT2D eigenvalue weighted by molar-refractivity contribution is 0.951. The summed E-state index contributed by atoms with van der Waals surface area (Å²) in [5.74, 6) is 0.791. The maximum absolute atomic E-state index is 4.73. The average Bonchev–Trinajstić information content (AvgIpc) is 3.33. The van der Waals surface area contributed by atoms with E-state index in [1.807, 2.05) is 67.0 Å². The molecule has 0 aliphatic carbocycles. The van der Waals surface area contributed by atoms with E-state index in [-0.39, 0.29) is 0 Å². The van der Waals surface area contributed by atoms with Gasteiger partial charge in [-0.25, -0.2) is 9.50 Å². The van der Waals surface area contributed by atoms with Gasteiger partial charge in [-0.15, -0.1) is 16.4 Å². The van der Waals surface area contributed by atoms with Crippen LogP contribution in [0.25, 0.3) is 26.3 Å². The summed E-state index contributed by atoms with van der Waals surface area (Å²) in [4.78, 5) is 5.66. The zero-order valence-corrected chi connectivity index (χ0v) is 16.1. The Labute approximate surface area is 162 Å². The van der Waals surface area contributed by atoms with Gasteiger partial charge in [-0.2, -0.15) is 0 Å². The molecule has 0 aliphatic rings. The van der Waals surface area contributed by atoms with Crippen molar-refractivity contribution in [1.29, 1.82) is 0 Å². The predicted molar refractivity (Wildman–Crippen MR) is 115 cm³/mol. The molecule has 0 saturated heterocycles. The Morgan fingerprint density at radius 3 is 2.48 bits per heavy atom. The number of thiophene rings is 1. The normalized spacial score (nSPS) is 10.6. The molecule has 27 heavy (non-hydrogen) atoms. The van der Waals surface area contributed by atoms with Gasteiger partial charge in [0.2, 0.25) is 0 Å². The van der Waals surface area contributed by atoms with E-state index >= 15 is 0 Å². The number of hydrogen-bond acceptors (Lipinski definition) is 4. The van der Waals surface area contributed by atoms with Gasteiger partial charge in [0, 0.05) is 10.4 Å². The van der Waals surface area contributed by atoms with Crippen molar-refractivity contribution in [3.8, 4) is 10.6 Å². The standard InChI is InChI=1S/C20H14N4S.C2H6/c1-2-7-15(8-3-1)22-19-10-11-20-21-13-16(24(20)23-19)18-12-14-6-4-5-9-17(14)25-18;1-2/h1-13H,(H,22,23);1-2H3. The molecule has 5 heteroatoms. The number of anilines is 2. The van der Waals surface area contributed by atoms with Crippen LogP contribution in [-0.4, -0.2) is 14.6 Å². The van der Waals surface area contributed by atoms with E-state index in [4.69, 9.17) is 5.10 Å². The first-order valence-corrected chi connectivity index (χ1v) is 9.84. The number of fused-ring (bicyclic) bond motifs is 2. The number of imidazole rings is 1. The van der Waals surface area contributed by atoms with E-state index in [2.05, 4.69) is 40.6 Å². The zero-order valence-electron chi connectivity index (χ0n) is 15.3. The smallest absolute Gasteiger partial charge is 0.154 e. The van der Waals surface area contributed by atoms with Crippen molar-refractivity contribution in [1.82, 2.24) is 14.6 Å². The van der Waals surface area contributed by atoms with Crippen LogP contribution < -0.4 is 5.32 Å². The fraction of sp³-hybridized carbons (Fsp3) is 0.0909. The molecule has 0 bridgehead atoms. The van der Waals surface area contributed by atoms with E-state index in [1.54, 1.807) is 11.3 Å². The molecule has 1 N–H and O–H groups in total. The molecule has 0 unspecified atom stereocenters. The van der Waals surface area contributed by atoms with Crippen LogP contribution in [0.4, 0.5) is 11.5 Å². The predicted octanol–water partition coefficient (Wildman–Crippen LogP) is 6.38. The molecule has 2 aromatic carbocycles. The van der Waals surface area contributed by atoms with Crippen LogP contribution in [0.5, 0.6) is 0 Å². The van der Waals surface area contributed by atoms with E-state index in [9.17, 15) is 0 Å². The Balaban J connectivity index is 0.000000872. The monoisotopic (exact) mass is 372 g/mol. The Morgan fingerprint density at radius 2 is 1.67 bits per heavy atom. The van der Waals surface area contributed by atoms with Crippen molar-refractivity contribution in [3.63, 3.8) is 0 Å². The van der Waals surface area contributed by atoms with Crippen molar-refractivity contribution in [3.05, 3.63) is 79.0 Å². The van der Waals surface area contributed by atoms with Gasteiger partial charge < -0.3 is 5.32 Å². The number of benzene rings is 2.